The molecule has 0 heterocycles. The van der Waals surface area contributed by atoms with Crippen molar-refractivity contribution in [2.45, 2.75) is 40.0 Å². The third-order valence-corrected chi connectivity index (χ3v) is 11.5. The summed E-state index contributed by atoms with van der Waals surface area (Å²) in [6, 6.07) is 57.3. The second-order valence-electron chi connectivity index (χ2n) is 15.1. The number of anilines is 6. The van der Waals surface area contributed by atoms with Gasteiger partial charge in [0, 0.05) is 45.5 Å². The second-order valence-corrected chi connectivity index (χ2v) is 15.1. The zero-order chi connectivity index (χ0) is 34.0. The molecule has 0 radical (unpaired) electrons. The maximum Gasteiger partial charge on any atom is 0.0467 e. The van der Waals surface area contributed by atoms with Crippen LogP contribution in [-0.2, 0) is 6.42 Å². The Bertz CT molecular complexity index is 2200. The maximum absolute atomic E-state index is 2.52. The van der Waals surface area contributed by atoms with Crippen LogP contribution in [0.25, 0.3) is 11.6 Å². The van der Waals surface area contributed by atoms with Crippen molar-refractivity contribution in [2.75, 3.05) is 9.80 Å². The summed E-state index contributed by atoms with van der Waals surface area (Å²) in [5.74, 6) is 0.304. The molecule has 3 aliphatic rings. The Balaban J connectivity index is 1.16. The summed E-state index contributed by atoms with van der Waals surface area (Å²) >= 11 is 0. The van der Waals surface area contributed by atoms with Gasteiger partial charge >= 0.3 is 0 Å². The van der Waals surface area contributed by atoms with Gasteiger partial charge in [0.1, 0.15) is 0 Å². The highest BCUT2D eigenvalue weighted by Gasteiger charge is 2.54. The topological polar surface area (TPSA) is 6.48 Å². The quantitative estimate of drug-likeness (QED) is 0.178. The van der Waals surface area contributed by atoms with E-state index >= 15 is 0 Å². The fourth-order valence-electron chi connectivity index (χ4n) is 9.14. The number of fused-ring (bicyclic) bond motifs is 5. The van der Waals surface area contributed by atoms with Crippen molar-refractivity contribution in [1.29, 1.82) is 0 Å². The summed E-state index contributed by atoms with van der Waals surface area (Å²) in [6.07, 6.45) is 3.52. The van der Waals surface area contributed by atoms with Crippen LogP contribution in [0.1, 0.15) is 55.9 Å². The lowest BCUT2D eigenvalue weighted by molar-refractivity contribution is 0.328. The summed E-state index contributed by atoms with van der Waals surface area (Å²) in [5, 5.41) is 0. The summed E-state index contributed by atoms with van der Waals surface area (Å²) in [6.45, 7) is 9.93. The molecule has 9 rings (SSSR count). The van der Waals surface area contributed by atoms with Crippen molar-refractivity contribution in [3.05, 3.63) is 191 Å². The predicted octanol–water partition coefficient (Wildman–Crippen LogP) is 13.2. The van der Waals surface area contributed by atoms with Gasteiger partial charge in [-0.15, -0.1) is 0 Å². The third-order valence-electron chi connectivity index (χ3n) is 11.5. The van der Waals surface area contributed by atoms with Crippen LogP contribution in [0.15, 0.2) is 169 Å². The highest BCUT2D eigenvalue weighted by atomic mass is 15.1. The van der Waals surface area contributed by atoms with Gasteiger partial charge in [0.2, 0.25) is 0 Å². The number of hydrogen-bond donors (Lipinski definition) is 0. The van der Waals surface area contributed by atoms with E-state index in [-0.39, 0.29) is 10.8 Å². The first-order chi connectivity index (χ1) is 24.3. The van der Waals surface area contributed by atoms with E-state index in [1.807, 2.05) is 0 Å². The highest BCUT2D eigenvalue weighted by Crippen LogP contribution is 2.67. The molecule has 6 aromatic rings. The highest BCUT2D eigenvalue weighted by molar-refractivity contribution is 5.91. The largest absolute Gasteiger partial charge is 0.310 e. The Morgan fingerprint density at radius 1 is 0.500 bits per heavy atom. The van der Waals surface area contributed by atoms with E-state index in [1.165, 1.54) is 67.5 Å². The standard InChI is InChI=1S/C48H42N2/c1-47(2)43-29-33-25-27-40(50(37-21-13-7-14-22-37)38-23-15-8-16-24-38)32-42(33)46(43)48(3,4)44-30-34-26-28-39(31-41(34)45(44)47)49(35-17-9-5-10-18-35)36-19-11-6-12-20-36/h5-29,31-32,46H,30H2,1-4H3. The molecule has 0 saturated heterocycles. The molecule has 50 heavy (non-hydrogen) atoms. The lowest BCUT2D eigenvalue weighted by Crippen LogP contribution is -2.36. The average Bonchev–Trinajstić information content (AvgIpc) is 3.75. The molecular weight excluding hydrogens is 605 g/mol. The number of nitrogens with zero attached hydrogens (tertiary/aromatic N) is 2. The Morgan fingerprint density at radius 3 is 1.46 bits per heavy atom. The van der Waals surface area contributed by atoms with Crippen LogP contribution in [0.4, 0.5) is 34.1 Å². The third kappa shape index (κ3) is 4.70. The Kier molecular flexibility index (Phi) is 7.00. The van der Waals surface area contributed by atoms with Crippen molar-refractivity contribution in [3.63, 3.8) is 0 Å². The average molecular weight is 647 g/mol. The van der Waals surface area contributed by atoms with Crippen LogP contribution in [0, 0.1) is 10.8 Å². The Morgan fingerprint density at radius 2 is 0.960 bits per heavy atom. The number of benzene rings is 6. The van der Waals surface area contributed by atoms with E-state index in [0.29, 0.717) is 5.92 Å². The number of hydrogen-bond acceptors (Lipinski definition) is 2. The van der Waals surface area contributed by atoms with E-state index in [1.54, 1.807) is 5.57 Å². The number of allylic oxidation sites excluding steroid dienone is 3. The molecule has 0 spiro atoms. The van der Waals surface area contributed by atoms with E-state index in [0.717, 1.165) is 6.42 Å². The molecular formula is C48H42N2. The minimum absolute atomic E-state index is 0.0530. The van der Waals surface area contributed by atoms with E-state index in [9.17, 15) is 0 Å². The maximum atomic E-state index is 2.52. The molecule has 0 amide bonds. The minimum Gasteiger partial charge on any atom is -0.310 e. The van der Waals surface area contributed by atoms with Gasteiger partial charge in [0.15, 0.2) is 0 Å². The zero-order valence-electron chi connectivity index (χ0n) is 29.3. The molecule has 0 N–H and O–H groups in total. The van der Waals surface area contributed by atoms with Crippen molar-refractivity contribution in [3.8, 4) is 0 Å². The molecule has 3 aliphatic carbocycles. The SMILES string of the molecule is CC1(C)C2=Cc3ccc(N(c4ccccc4)c4ccccc4)cc3C2C(C)(C)C2=C1c1cc(N(c3ccccc3)c3ccccc3)ccc1C2. The fourth-order valence-corrected chi connectivity index (χ4v) is 9.14. The Hall–Kier alpha value is -5.60. The monoisotopic (exact) mass is 646 g/mol. The molecule has 6 aromatic carbocycles. The van der Waals surface area contributed by atoms with Crippen LogP contribution in [0.5, 0.6) is 0 Å². The van der Waals surface area contributed by atoms with Crippen molar-refractivity contribution < 1.29 is 0 Å². The first-order valence-electron chi connectivity index (χ1n) is 17.9. The van der Waals surface area contributed by atoms with Crippen LogP contribution < -0.4 is 9.80 Å². The van der Waals surface area contributed by atoms with Gasteiger partial charge in [0.05, 0.1) is 0 Å². The Labute approximate surface area is 296 Å². The van der Waals surface area contributed by atoms with Crippen LogP contribution in [0.2, 0.25) is 0 Å². The minimum atomic E-state index is -0.124. The van der Waals surface area contributed by atoms with Crippen LogP contribution in [0.3, 0.4) is 0 Å². The molecule has 0 saturated carbocycles. The summed E-state index contributed by atoms with van der Waals surface area (Å²) < 4.78 is 0. The molecule has 0 bridgehead atoms. The summed E-state index contributed by atoms with van der Waals surface area (Å²) in [4.78, 5) is 4.78. The number of para-hydroxylation sites is 4. The van der Waals surface area contributed by atoms with Crippen molar-refractivity contribution >= 4 is 45.8 Å². The summed E-state index contributed by atoms with van der Waals surface area (Å²) in [7, 11) is 0. The molecule has 244 valence electrons. The zero-order valence-corrected chi connectivity index (χ0v) is 29.3. The molecule has 2 heteroatoms. The molecule has 0 fully saturated rings. The molecule has 0 aromatic heterocycles. The number of rotatable bonds is 6. The first-order valence-corrected chi connectivity index (χ1v) is 17.9. The van der Waals surface area contributed by atoms with Gasteiger partial charge < -0.3 is 9.80 Å². The first kappa shape index (κ1) is 30.5. The molecule has 1 atom stereocenters. The predicted molar refractivity (Wildman–Crippen MR) is 211 cm³/mol. The van der Waals surface area contributed by atoms with Gasteiger partial charge in [-0.05, 0) is 112 Å². The second kappa shape index (κ2) is 11.5. The molecule has 2 nitrogen and oxygen atoms in total. The fraction of sp³-hybridized carbons (Fsp3) is 0.167. The lowest BCUT2D eigenvalue weighted by atomic mass is 9.55. The molecule has 1 unspecified atom stereocenters. The van der Waals surface area contributed by atoms with E-state index in [2.05, 4.69) is 201 Å². The van der Waals surface area contributed by atoms with Gasteiger partial charge in [-0.2, -0.15) is 0 Å². The normalized spacial score (nSPS) is 17.7. The van der Waals surface area contributed by atoms with E-state index in [4.69, 9.17) is 0 Å². The van der Waals surface area contributed by atoms with Crippen molar-refractivity contribution in [1.82, 2.24) is 0 Å². The molecule has 0 aliphatic heterocycles. The van der Waals surface area contributed by atoms with Gasteiger partial charge in [-0.25, -0.2) is 0 Å². The van der Waals surface area contributed by atoms with Crippen molar-refractivity contribution in [2.24, 2.45) is 10.8 Å². The smallest absolute Gasteiger partial charge is 0.0467 e. The van der Waals surface area contributed by atoms with Crippen LogP contribution >= 0.6 is 0 Å². The van der Waals surface area contributed by atoms with Crippen LogP contribution in [-0.4, -0.2) is 0 Å². The van der Waals surface area contributed by atoms with Gasteiger partial charge in [0.25, 0.3) is 0 Å². The van der Waals surface area contributed by atoms with E-state index < -0.39 is 0 Å². The van der Waals surface area contributed by atoms with Gasteiger partial charge in [-0.1, -0.05) is 130 Å². The van der Waals surface area contributed by atoms with Gasteiger partial charge in [-0.3, -0.25) is 0 Å². The lowest BCUT2D eigenvalue weighted by Gasteiger charge is -2.48. The summed E-state index contributed by atoms with van der Waals surface area (Å²) in [5.41, 5.74) is 17.2.